The molecule has 2 heterocycles. The Kier molecular flexibility index (Phi) is 4.31. The highest BCUT2D eigenvalue weighted by Gasteiger charge is 2.26. The van der Waals surface area contributed by atoms with Crippen LogP contribution in [0.5, 0.6) is 0 Å². The summed E-state index contributed by atoms with van der Waals surface area (Å²) >= 11 is 6.05. The predicted molar refractivity (Wildman–Crippen MR) is 101 cm³/mol. The van der Waals surface area contributed by atoms with Crippen LogP contribution >= 0.6 is 11.6 Å². The van der Waals surface area contributed by atoms with Gasteiger partial charge in [-0.3, -0.25) is 14.2 Å². The van der Waals surface area contributed by atoms with Crippen LogP contribution in [0.1, 0.15) is 11.1 Å². The summed E-state index contributed by atoms with van der Waals surface area (Å²) in [5, 5.41) is 4.52. The molecule has 138 valence electrons. The minimum Gasteiger partial charge on any atom is -0.309 e. The molecule has 0 aliphatic carbocycles. The van der Waals surface area contributed by atoms with Gasteiger partial charge in [0.05, 0.1) is 6.54 Å². The quantitative estimate of drug-likeness (QED) is 0.649. The van der Waals surface area contributed by atoms with E-state index < -0.39 is 16.9 Å². The fourth-order valence-electron chi connectivity index (χ4n) is 3.13. The van der Waals surface area contributed by atoms with Crippen LogP contribution in [0.4, 0.5) is 16.0 Å². The van der Waals surface area contributed by atoms with Gasteiger partial charge in [0, 0.05) is 29.4 Å². The second kappa shape index (κ2) is 6.66. The van der Waals surface area contributed by atoms with Crippen LogP contribution in [-0.2, 0) is 13.1 Å². The van der Waals surface area contributed by atoms with E-state index in [1.54, 1.807) is 0 Å². The lowest BCUT2D eigenvalue weighted by Gasteiger charge is -2.18. The van der Waals surface area contributed by atoms with Gasteiger partial charge in [0.15, 0.2) is 0 Å². The highest BCUT2D eigenvalue weighted by molar-refractivity contribution is 6.31. The van der Waals surface area contributed by atoms with Crippen molar-refractivity contribution in [1.82, 2.24) is 14.3 Å². The minimum absolute atomic E-state index is 0.123. The lowest BCUT2D eigenvalue weighted by Crippen LogP contribution is -2.42. The van der Waals surface area contributed by atoms with Crippen LogP contribution in [0.2, 0.25) is 5.02 Å². The van der Waals surface area contributed by atoms with Crippen molar-refractivity contribution >= 4 is 23.2 Å². The molecule has 0 fully saturated rings. The third kappa shape index (κ3) is 3.04. The number of benzene rings is 2. The van der Waals surface area contributed by atoms with Crippen molar-refractivity contribution in [3.05, 3.63) is 85.1 Å². The Morgan fingerprint density at radius 1 is 1.07 bits per heavy atom. The molecule has 6 nitrogen and oxygen atoms in total. The number of hydrogen-bond donors (Lipinski definition) is 0. The number of rotatable bonds is 3. The van der Waals surface area contributed by atoms with Gasteiger partial charge in [0.1, 0.15) is 5.82 Å². The molecule has 1 aliphatic heterocycles. The maximum Gasteiger partial charge on any atom is 0.333 e. The SMILES string of the molecule is Cc1ccc(N2CCn3c2nn(Cc2c(F)cccc2Cl)c(=O)c3=O)cc1. The zero-order valence-corrected chi connectivity index (χ0v) is 15.3. The Morgan fingerprint density at radius 2 is 1.81 bits per heavy atom. The molecule has 0 saturated heterocycles. The van der Waals surface area contributed by atoms with Gasteiger partial charge in [0.2, 0.25) is 5.95 Å². The molecule has 2 aromatic carbocycles. The fraction of sp³-hybridized carbons (Fsp3) is 0.211. The summed E-state index contributed by atoms with van der Waals surface area (Å²) < 4.78 is 16.4. The summed E-state index contributed by atoms with van der Waals surface area (Å²) in [6, 6.07) is 12.1. The van der Waals surface area contributed by atoms with E-state index in [1.165, 1.54) is 22.8 Å². The molecule has 0 bridgehead atoms. The average Bonchev–Trinajstić information content (AvgIpc) is 3.07. The van der Waals surface area contributed by atoms with Gasteiger partial charge in [-0.2, -0.15) is 0 Å². The van der Waals surface area contributed by atoms with E-state index in [-0.39, 0.29) is 17.1 Å². The Hall–Kier alpha value is -2.93. The molecular weight excluding hydrogens is 371 g/mol. The van der Waals surface area contributed by atoms with Gasteiger partial charge in [-0.15, -0.1) is 5.10 Å². The largest absolute Gasteiger partial charge is 0.333 e. The van der Waals surface area contributed by atoms with Gasteiger partial charge >= 0.3 is 11.1 Å². The van der Waals surface area contributed by atoms with Crippen molar-refractivity contribution < 1.29 is 4.39 Å². The van der Waals surface area contributed by atoms with Crippen LogP contribution in [0.25, 0.3) is 0 Å². The smallest absolute Gasteiger partial charge is 0.309 e. The molecule has 1 aliphatic rings. The van der Waals surface area contributed by atoms with Crippen molar-refractivity contribution in [3.63, 3.8) is 0 Å². The van der Waals surface area contributed by atoms with Crippen molar-refractivity contribution in [1.29, 1.82) is 0 Å². The van der Waals surface area contributed by atoms with Crippen LogP contribution in [0.15, 0.2) is 52.1 Å². The zero-order valence-electron chi connectivity index (χ0n) is 14.5. The van der Waals surface area contributed by atoms with Crippen LogP contribution in [-0.4, -0.2) is 20.9 Å². The summed E-state index contributed by atoms with van der Waals surface area (Å²) in [5.41, 5.74) is 0.624. The second-order valence-corrected chi connectivity index (χ2v) is 6.81. The monoisotopic (exact) mass is 386 g/mol. The Labute approximate surface area is 159 Å². The molecule has 0 atom stereocenters. The van der Waals surface area contributed by atoms with Crippen molar-refractivity contribution in [2.45, 2.75) is 20.0 Å². The Balaban J connectivity index is 1.81. The van der Waals surface area contributed by atoms with Crippen LogP contribution in [0.3, 0.4) is 0 Å². The number of aryl methyl sites for hydroxylation is 1. The first-order chi connectivity index (χ1) is 13.0. The normalized spacial score (nSPS) is 13.1. The van der Waals surface area contributed by atoms with E-state index in [1.807, 2.05) is 36.1 Å². The number of fused-ring (bicyclic) bond motifs is 1. The van der Waals surface area contributed by atoms with Gasteiger partial charge in [-0.1, -0.05) is 35.4 Å². The van der Waals surface area contributed by atoms with E-state index in [0.717, 1.165) is 15.9 Å². The summed E-state index contributed by atoms with van der Waals surface area (Å²) in [6.07, 6.45) is 0. The zero-order chi connectivity index (χ0) is 19.1. The van der Waals surface area contributed by atoms with Crippen molar-refractivity contribution in [2.24, 2.45) is 0 Å². The standard InChI is InChI=1S/C19H16ClFN4O2/c1-12-5-7-13(8-6-12)23-9-10-24-17(26)18(27)25(22-19(23)24)11-14-15(20)3-2-4-16(14)21/h2-8H,9-11H2,1H3. The molecule has 0 N–H and O–H groups in total. The summed E-state index contributed by atoms with van der Waals surface area (Å²) in [5.74, 6) is -0.192. The first-order valence-electron chi connectivity index (χ1n) is 8.45. The van der Waals surface area contributed by atoms with E-state index in [0.29, 0.717) is 19.0 Å². The molecule has 4 rings (SSSR count). The summed E-state index contributed by atoms with van der Waals surface area (Å²) in [7, 11) is 0. The predicted octanol–water partition coefficient (Wildman–Crippen LogP) is 2.71. The van der Waals surface area contributed by atoms with E-state index in [2.05, 4.69) is 5.10 Å². The molecule has 0 amide bonds. The molecule has 8 heteroatoms. The topological polar surface area (TPSA) is 60.1 Å². The van der Waals surface area contributed by atoms with E-state index in [4.69, 9.17) is 11.6 Å². The minimum atomic E-state index is -0.802. The summed E-state index contributed by atoms with van der Waals surface area (Å²) in [6.45, 7) is 2.66. The Bertz CT molecular complexity index is 1120. The Morgan fingerprint density at radius 3 is 2.52 bits per heavy atom. The highest BCUT2D eigenvalue weighted by Crippen LogP contribution is 2.27. The van der Waals surface area contributed by atoms with Crippen molar-refractivity contribution in [2.75, 3.05) is 11.4 Å². The van der Waals surface area contributed by atoms with Crippen molar-refractivity contribution in [3.8, 4) is 0 Å². The molecule has 0 spiro atoms. The summed E-state index contributed by atoms with van der Waals surface area (Å²) in [4.78, 5) is 26.8. The highest BCUT2D eigenvalue weighted by atomic mass is 35.5. The second-order valence-electron chi connectivity index (χ2n) is 6.41. The molecule has 0 saturated carbocycles. The lowest BCUT2D eigenvalue weighted by atomic mass is 10.2. The lowest BCUT2D eigenvalue weighted by molar-refractivity contribution is 0.555. The third-order valence-electron chi connectivity index (χ3n) is 4.62. The maximum absolute atomic E-state index is 14.1. The molecule has 27 heavy (non-hydrogen) atoms. The molecular formula is C19H16ClFN4O2. The van der Waals surface area contributed by atoms with Gasteiger partial charge in [0.25, 0.3) is 0 Å². The fourth-order valence-corrected chi connectivity index (χ4v) is 3.36. The molecule has 1 aromatic heterocycles. The number of nitrogens with zero attached hydrogens (tertiary/aromatic N) is 4. The average molecular weight is 387 g/mol. The molecule has 0 radical (unpaired) electrons. The third-order valence-corrected chi connectivity index (χ3v) is 4.97. The number of hydrogen-bond acceptors (Lipinski definition) is 4. The molecule has 0 unspecified atom stereocenters. The van der Waals surface area contributed by atoms with Crippen LogP contribution < -0.4 is 16.0 Å². The van der Waals surface area contributed by atoms with E-state index >= 15 is 0 Å². The van der Waals surface area contributed by atoms with Gasteiger partial charge in [-0.05, 0) is 31.2 Å². The first kappa shape index (κ1) is 17.5. The van der Waals surface area contributed by atoms with Crippen LogP contribution in [0, 0.1) is 12.7 Å². The van der Waals surface area contributed by atoms with Gasteiger partial charge < -0.3 is 4.90 Å². The number of anilines is 2. The van der Waals surface area contributed by atoms with Gasteiger partial charge in [-0.25, -0.2) is 9.07 Å². The molecule has 3 aromatic rings. The maximum atomic E-state index is 14.1. The number of aromatic nitrogens is 3. The number of halogens is 2. The first-order valence-corrected chi connectivity index (χ1v) is 8.82. The van der Waals surface area contributed by atoms with E-state index in [9.17, 15) is 14.0 Å².